The molecule has 1 amide bonds. The van der Waals surface area contributed by atoms with Gasteiger partial charge in [0, 0.05) is 25.4 Å². The zero-order chi connectivity index (χ0) is 11.6. The molecule has 0 saturated carbocycles. The van der Waals surface area contributed by atoms with E-state index in [1.54, 1.807) is 6.92 Å². The first-order valence-corrected chi connectivity index (χ1v) is 4.67. The van der Waals surface area contributed by atoms with Crippen molar-refractivity contribution in [1.29, 1.82) is 0 Å². The van der Waals surface area contributed by atoms with E-state index in [4.69, 9.17) is 0 Å². The lowest BCUT2D eigenvalue weighted by molar-refractivity contribution is -0.162. The summed E-state index contributed by atoms with van der Waals surface area (Å²) >= 11 is 0. The van der Waals surface area contributed by atoms with E-state index in [1.165, 1.54) is 0 Å². The summed E-state index contributed by atoms with van der Waals surface area (Å²) in [6.07, 6.45) is -5.75. The van der Waals surface area contributed by atoms with E-state index in [0.29, 0.717) is 0 Å². The second-order valence-corrected chi connectivity index (χ2v) is 3.75. The van der Waals surface area contributed by atoms with Crippen molar-refractivity contribution in [3.8, 4) is 0 Å². The number of halogens is 3. The smallest absolute Gasteiger partial charge is 0.341 e. The lowest BCUT2D eigenvalue weighted by Crippen LogP contribution is -2.44. The molecule has 0 aliphatic carbocycles. The molecule has 1 fully saturated rings. The fourth-order valence-electron chi connectivity index (χ4n) is 1.53. The van der Waals surface area contributed by atoms with E-state index < -0.39 is 18.5 Å². The Morgan fingerprint density at radius 2 is 2.13 bits per heavy atom. The number of nitrogens with zero attached hydrogens (tertiary/aromatic N) is 1. The normalized spacial score (nSPS) is 23.1. The maximum atomic E-state index is 11.9. The van der Waals surface area contributed by atoms with Gasteiger partial charge in [-0.05, 0) is 0 Å². The van der Waals surface area contributed by atoms with Crippen molar-refractivity contribution in [3.05, 3.63) is 0 Å². The zero-order valence-electron chi connectivity index (χ0n) is 8.30. The molecule has 1 saturated heterocycles. The standard InChI is InChI=1S/C9H12F3NO2/c1-6-5-13(3-2-7(6)14)8(15)4-9(10,11)12/h6H,2-5H2,1H3. The first-order valence-electron chi connectivity index (χ1n) is 4.67. The molecule has 0 radical (unpaired) electrons. The maximum Gasteiger partial charge on any atom is 0.397 e. The van der Waals surface area contributed by atoms with Crippen LogP contribution >= 0.6 is 0 Å². The fourth-order valence-corrected chi connectivity index (χ4v) is 1.53. The molecule has 1 unspecified atom stereocenters. The van der Waals surface area contributed by atoms with Gasteiger partial charge in [-0.25, -0.2) is 0 Å². The monoisotopic (exact) mass is 223 g/mol. The molecule has 0 N–H and O–H groups in total. The summed E-state index contributed by atoms with van der Waals surface area (Å²) < 4.78 is 35.8. The average molecular weight is 223 g/mol. The molecule has 1 aliphatic heterocycles. The van der Waals surface area contributed by atoms with Gasteiger partial charge in [0.05, 0.1) is 0 Å². The van der Waals surface area contributed by atoms with Gasteiger partial charge < -0.3 is 4.90 Å². The number of carbonyl (C=O) groups is 2. The predicted octanol–water partition coefficient (Wildman–Crippen LogP) is 1.38. The Labute approximate surface area is 85.2 Å². The summed E-state index contributed by atoms with van der Waals surface area (Å²) in [7, 11) is 0. The maximum absolute atomic E-state index is 11.9. The second kappa shape index (κ2) is 4.20. The Morgan fingerprint density at radius 1 is 1.53 bits per heavy atom. The zero-order valence-corrected chi connectivity index (χ0v) is 8.30. The fraction of sp³-hybridized carbons (Fsp3) is 0.778. The van der Waals surface area contributed by atoms with Crippen LogP contribution in [0.5, 0.6) is 0 Å². The van der Waals surface area contributed by atoms with Gasteiger partial charge in [-0.1, -0.05) is 6.92 Å². The lowest BCUT2D eigenvalue weighted by Gasteiger charge is -2.30. The largest absolute Gasteiger partial charge is 0.397 e. The van der Waals surface area contributed by atoms with Crippen molar-refractivity contribution in [1.82, 2.24) is 4.90 Å². The van der Waals surface area contributed by atoms with Gasteiger partial charge in [-0.15, -0.1) is 0 Å². The highest BCUT2D eigenvalue weighted by atomic mass is 19.4. The Morgan fingerprint density at radius 3 is 2.60 bits per heavy atom. The van der Waals surface area contributed by atoms with Crippen LogP contribution in [0.3, 0.4) is 0 Å². The molecule has 0 spiro atoms. The predicted molar refractivity (Wildman–Crippen MR) is 46.0 cm³/mol. The van der Waals surface area contributed by atoms with Gasteiger partial charge in [0.1, 0.15) is 12.2 Å². The van der Waals surface area contributed by atoms with Crippen molar-refractivity contribution < 1.29 is 22.8 Å². The van der Waals surface area contributed by atoms with Crippen LogP contribution in [-0.2, 0) is 9.59 Å². The van der Waals surface area contributed by atoms with Crippen molar-refractivity contribution in [3.63, 3.8) is 0 Å². The minimum absolute atomic E-state index is 0.00561. The van der Waals surface area contributed by atoms with E-state index in [0.717, 1.165) is 4.90 Å². The Hall–Kier alpha value is -1.07. The third-order valence-electron chi connectivity index (χ3n) is 2.38. The van der Waals surface area contributed by atoms with Crippen LogP contribution in [0.2, 0.25) is 0 Å². The summed E-state index contributed by atoms with van der Waals surface area (Å²) in [4.78, 5) is 23.4. The Kier molecular flexibility index (Phi) is 3.36. The third kappa shape index (κ3) is 3.53. The highest BCUT2D eigenvalue weighted by molar-refractivity contribution is 5.85. The Balaban J connectivity index is 2.51. The molecule has 1 heterocycles. The quantitative estimate of drug-likeness (QED) is 0.673. The number of rotatable bonds is 1. The van der Waals surface area contributed by atoms with E-state index in [9.17, 15) is 22.8 Å². The lowest BCUT2D eigenvalue weighted by atomic mass is 9.98. The second-order valence-electron chi connectivity index (χ2n) is 3.75. The number of carbonyl (C=O) groups excluding carboxylic acids is 2. The van der Waals surface area contributed by atoms with Crippen LogP contribution in [0.4, 0.5) is 13.2 Å². The molecule has 15 heavy (non-hydrogen) atoms. The number of ketones is 1. The number of Topliss-reactive ketones (excluding diaryl/α,β-unsaturated/α-hetero) is 1. The van der Waals surface area contributed by atoms with Crippen LogP contribution in [0.25, 0.3) is 0 Å². The minimum atomic E-state index is -4.47. The molecule has 1 rings (SSSR count). The molecule has 86 valence electrons. The van der Waals surface area contributed by atoms with Gasteiger partial charge >= 0.3 is 6.18 Å². The molecule has 0 aromatic rings. The van der Waals surface area contributed by atoms with Crippen molar-refractivity contribution in [2.45, 2.75) is 25.9 Å². The number of alkyl halides is 3. The van der Waals surface area contributed by atoms with Gasteiger partial charge in [0.25, 0.3) is 0 Å². The number of piperidine rings is 1. The average Bonchev–Trinajstić information content (AvgIpc) is 2.06. The van der Waals surface area contributed by atoms with Gasteiger partial charge in [0.2, 0.25) is 5.91 Å². The molecular weight excluding hydrogens is 211 g/mol. The van der Waals surface area contributed by atoms with Crippen LogP contribution in [-0.4, -0.2) is 35.9 Å². The molecule has 1 atom stereocenters. The molecule has 1 aliphatic rings. The molecule has 3 nitrogen and oxygen atoms in total. The summed E-state index contributed by atoms with van der Waals surface area (Å²) in [5.41, 5.74) is 0. The summed E-state index contributed by atoms with van der Waals surface area (Å²) in [6.45, 7) is 1.83. The van der Waals surface area contributed by atoms with E-state index in [2.05, 4.69) is 0 Å². The number of hydrogen-bond donors (Lipinski definition) is 0. The SMILES string of the molecule is CC1CN(C(=O)CC(F)(F)F)CCC1=O. The molecule has 0 aromatic heterocycles. The van der Waals surface area contributed by atoms with E-state index in [1.807, 2.05) is 0 Å². The Bertz CT molecular complexity index is 275. The van der Waals surface area contributed by atoms with E-state index >= 15 is 0 Å². The number of likely N-dealkylation sites (tertiary alicyclic amines) is 1. The van der Waals surface area contributed by atoms with Gasteiger partial charge in [0.15, 0.2) is 0 Å². The summed E-state index contributed by atoms with van der Waals surface area (Å²) in [5, 5.41) is 0. The van der Waals surface area contributed by atoms with Crippen molar-refractivity contribution in [2.24, 2.45) is 5.92 Å². The van der Waals surface area contributed by atoms with Gasteiger partial charge in [-0.3, -0.25) is 9.59 Å². The first-order chi connectivity index (χ1) is 6.79. The number of hydrogen-bond acceptors (Lipinski definition) is 2. The number of amides is 1. The molecule has 0 aromatic carbocycles. The molecule has 6 heteroatoms. The van der Waals surface area contributed by atoms with Crippen LogP contribution in [0, 0.1) is 5.92 Å². The minimum Gasteiger partial charge on any atom is -0.341 e. The van der Waals surface area contributed by atoms with Gasteiger partial charge in [-0.2, -0.15) is 13.2 Å². The third-order valence-corrected chi connectivity index (χ3v) is 2.38. The van der Waals surface area contributed by atoms with Crippen LogP contribution in [0.15, 0.2) is 0 Å². The summed E-state index contributed by atoms with van der Waals surface area (Å²) in [6, 6.07) is 0. The molecular formula is C9H12F3NO2. The van der Waals surface area contributed by atoms with Crippen molar-refractivity contribution in [2.75, 3.05) is 13.1 Å². The topological polar surface area (TPSA) is 37.4 Å². The summed E-state index contributed by atoms with van der Waals surface area (Å²) in [5.74, 6) is -1.29. The van der Waals surface area contributed by atoms with Crippen LogP contribution < -0.4 is 0 Å². The van der Waals surface area contributed by atoms with Crippen molar-refractivity contribution >= 4 is 11.7 Å². The first kappa shape index (κ1) is 12.0. The van der Waals surface area contributed by atoms with Crippen LogP contribution in [0.1, 0.15) is 19.8 Å². The highest BCUT2D eigenvalue weighted by Gasteiger charge is 2.35. The van der Waals surface area contributed by atoms with E-state index in [-0.39, 0.29) is 31.2 Å². The molecule has 0 bridgehead atoms. The highest BCUT2D eigenvalue weighted by Crippen LogP contribution is 2.22.